The van der Waals surface area contributed by atoms with E-state index in [2.05, 4.69) is 32.8 Å². The van der Waals surface area contributed by atoms with Crippen molar-refractivity contribution >= 4 is 21.9 Å². The first-order valence-electron chi connectivity index (χ1n) is 9.82. The number of ether oxygens (including phenoxy) is 1. The topological polar surface area (TPSA) is 52.1 Å². The molecule has 0 bridgehead atoms. The smallest absolute Gasteiger partial charge is 0.315 e. The van der Waals surface area contributed by atoms with Gasteiger partial charge in [0, 0.05) is 16.6 Å². The summed E-state index contributed by atoms with van der Waals surface area (Å²) in [5.41, 5.74) is 2.82. The van der Waals surface area contributed by atoms with Crippen molar-refractivity contribution in [1.29, 1.82) is 0 Å². The predicted octanol–water partition coefficient (Wildman–Crippen LogP) is 5.98. The zero-order valence-corrected chi connectivity index (χ0v) is 18.0. The van der Waals surface area contributed by atoms with Gasteiger partial charge < -0.3 is 4.74 Å². The van der Waals surface area contributed by atoms with Gasteiger partial charge >= 0.3 is 5.97 Å². The van der Waals surface area contributed by atoms with E-state index in [9.17, 15) is 4.79 Å². The standard InChI is InChI=1S/C22H29BrN2O2/c1-4-6-7-8-9-18-14-25-21(15-24-18)17-10-12-19(13-11-17)27-22(26)16(3)20(23)5-2/h10-16,20H,4-9H2,1-3H3. The number of unbranched alkanes of at least 4 members (excludes halogenated alkanes) is 3. The van der Waals surface area contributed by atoms with Crippen molar-refractivity contribution in [2.75, 3.05) is 0 Å². The highest BCUT2D eigenvalue weighted by Crippen LogP contribution is 2.23. The third-order valence-electron chi connectivity index (χ3n) is 4.66. The summed E-state index contributed by atoms with van der Waals surface area (Å²) in [5.74, 6) is 0.135. The molecule has 2 atom stereocenters. The van der Waals surface area contributed by atoms with Crippen molar-refractivity contribution < 1.29 is 9.53 Å². The van der Waals surface area contributed by atoms with Crippen molar-refractivity contribution in [3.05, 3.63) is 42.4 Å². The molecule has 2 aromatic rings. The molecule has 146 valence electrons. The molecule has 1 aromatic heterocycles. The normalized spacial score (nSPS) is 13.2. The average molecular weight is 433 g/mol. The van der Waals surface area contributed by atoms with Crippen molar-refractivity contribution in [3.8, 4) is 17.0 Å². The van der Waals surface area contributed by atoms with Crippen LogP contribution in [-0.4, -0.2) is 20.8 Å². The van der Waals surface area contributed by atoms with Gasteiger partial charge in [-0.2, -0.15) is 0 Å². The number of rotatable bonds is 10. The first kappa shape index (κ1) is 21.5. The van der Waals surface area contributed by atoms with Gasteiger partial charge in [-0.15, -0.1) is 0 Å². The van der Waals surface area contributed by atoms with Crippen LogP contribution in [0.15, 0.2) is 36.7 Å². The first-order chi connectivity index (χ1) is 13.0. The van der Waals surface area contributed by atoms with Gasteiger partial charge in [0.15, 0.2) is 0 Å². The summed E-state index contributed by atoms with van der Waals surface area (Å²) in [6.45, 7) is 6.12. The molecule has 0 aliphatic heterocycles. The number of hydrogen-bond acceptors (Lipinski definition) is 4. The summed E-state index contributed by atoms with van der Waals surface area (Å²) in [5, 5.41) is 0. The fourth-order valence-electron chi connectivity index (χ4n) is 2.77. The summed E-state index contributed by atoms with van der Waals surface area (Å²) in [7, 11) is 0. The SMILES string of the molecule is CCCCCCc1cnc(-c2ccc(OC(=O)C(C)C(Br)CC)cc2)cn1. The average Bonchev–Trinajstić information content (AvgIpc) is 2.71. The Balaban J connectivity index is 1.93. The van der Waals surface area contributed by atoms with E-state index in [1.54, 1.807) is 12.1 Å². The Morgan fingerprint density at radius 1 is 1.07 bits per heavy atom. The van der Waals surface area contributed by atoms with Crippen molar-refractivity contribution in [3.63, 3.8) is 0 Å². The van der Waals surface area contributed by atoms with Crippen LogP contribution in [0.5, 0.6) is 5.75 Å². The van der Waals surface area contributed by atoms with E-state index in [-0.39, 0.29) is 16.7 Å². The van der Waals surface area contributed by atoms with Crippen molar-refractivity contribution in [1.82, 2.24) is 9.97 Å². The number of hydrogen-bond donors (Lipinski definition) is 0. The summed E-state index contributed by atoms with van der Waals surface area (Å²) in [6.07, 6.45) is 10.4. The second-order valence-electron chi connectivity index (χ2n) is 6.86. The molecule has 0 aliphatic rings. The molecular formula is C22H29BrN2O2. The zero-order valence-electron chi connectivity index (χ0n) is 16.5. The Morgan fingerprint density at radius 2 is 1.81 bits per heavy atom. The van der Waals surface area contributed by atoms with Crippen LogP contribution in [0.25, 0.3) is 11.3 Å². The molecule has 1 heterocycles. The molecule has 0 saturated heterocycles. The van der Waals surface area contributed by atoms with Gasteiger partial charge in [0.1, 0.15) is 5.75 Å². The van der Waals surface area contributed by atoms with Crippen LogP contribution in [-0.2, 0) is 11.2 Å². The first-order valence-corrected chi connectivity index (χ1v) is 10.7. The van der Waals surface area contributed by atoms with Crippen molar-refractivity contribution in [2.24, 2.45) is 5.92 Å². The maximum atomic E-state index is 12.2. The van der Waals surface area contributed by atoms with Crippen LogP contribution < -0.4 is 4.74 Å². The number of halogens is 1. The Bertz CT molecular complexity index is 701. The summed E-state index contributed by atoms with van der Waals surface area (Å²) in [6, 6.07) is 7.41. The number of aryl methyl sites for hydroxylation is 1. The Morgan fingerprint density at radius 3 is 2.41 bits per heavy atom. The maximum absolute atomic E-state index is 12.2. The Kier molecular flexibility index (Phi) is 8.92. The van der Waals surface area contributed by atoms with Gasteiger partial charge in [-0.3, -0.25) is 14.8 Å². The second-order valence-corrected chi connectivity index (χ2v) is 8.04. The molecule has 4 nitrogen and oxygen atoms in total. The second kappa shape index (κ2) is 11.2. The lowest BCUT2D eigenvalue weighted by atomic mass is 10.1. The highest BCUT2D eigenvalue weighted by atomic mass is 79.9. The number of benzene rings is 1. The van der Waals surface area contributed by atoms with Crippen LogP contribution in [0.2, 0.25) is 0 Å². The monoisotopic (exact) mass is 432 g/mol. The van der Waals surface area contributed by atoms with Gasteiger partial charge in [-0.05, 0) is 43.5 Å². The molecule has 2 rings (SSSR count). The van der Waals surface area contributed by atoms with Crippen LogP contribution in [0.1, 0.15) is 58.6 Å². The molecule has 0 radical (unpaired) electrons. The van der Waals surface area contributed by atoms with E-state index in [1.807, 2.05) is 38.4 Å². The Labute approximate surface area is 170 Å². The number of carbonyl (C=O) groups is 1. The molecule has 0 fully saturated rings. The number of alkyl halides is 1. The summed E-state index contributed by atoms with van der Waals surface area (Å²) < 4.78 is 5.47. The summed E-state index contributed by atoms with van der Waals surface area (Å²) in [4.78, 5) is 21.3. The quantitative estimate of drug-likeness (QED) is 0.200. The van der Waals surface area contributed by atoms with E-state index < -0.39 is 0 Å². The van der Waals surface area contributed by atoms with E-state index in [4.69, 9.17) is 4.74 Å². The van der Waals surface area contributed by atoms with E-state index >= 15 is 0 Å². The number of carbonyl (C=O) groups excluding carboxylic acids is 1. The molecule has 0 N–H and O–H groups in total. The minimum Gasteiger partial charge on any atom is -0.426 e. The fraction of sp³-hybridized carbons (Fsp3) is 0.500. The third-order valence-corrected chi connectivity index (χ3v) is 6.11. The van der Waals surface area contributed by atoms with Gasteiger partial charge in [-0.1, -0.05) is 56.0 Å². The van der Waals surface area contributed by atoms with Gasteiger partial charge in [0.05, 0.1) is 23.5 Å². The predicted molar refractivity (Wildman–Crippen MR) is 113 cm³/mol. The largest absolute Gasteiger partial charge is 0.426 e. The third kappa shape index (κ3) is 6.73. The fourth-order valence-corrected chi connectivity index (χ4v) is 2.99. The molecule has 0 amide bonds. The highest BCUT2D eigenvalue weighted by molar-refractivity contribution is 9.09. The Hall–Kier alpha value is -1.75. The van der Waals surface area contributed by atoms with Gasteiger partial charge in [0.2, 0.25) is 0 Å². The number of nitrogens with zero attached hydrogens (tertiary/aromatic N) is 2. The van der Waals surface area contributed by atoms with Gasteiger partial charge in [-0.25, -0.2) is 0 Å². The minimum atomic E-state index is -0.223. The van der Waals surface area contributed by atoms with E-state index in [0.717, 1.165) is 36.2 Å². The van der Waals surface area contributed by atoms with Crippen LogP contribution >= 0.6 is 15.9 Å². The maximum Gasteiger partial charge on any atom is 0.315 e. The molecule has 0 spiro atoms. The lowest BCUT2D eigenvalue weighted by Crippen LogP contribution is -2.25. The molecular weight excluding hydrogens is 404 g/mol. The van der Waals surface area contributed by atoms with Crippen LogP contribution in [0.4, 0.5) is 0 Å². The van der Waals surface area contributed by atoms with Crippen molar-refractivity contribution in [2.45, 2.75) is 64.1 Å². The lowest BCUT2D eigenvalue weighted by Gasteiger charge is -2.15. The molecule has 1 aromatic carbocycles. The number of esters is 1. The molecule has 2 unspecified atom stereocenters. The van der Waals surface area contributed by atoms with Crippen LogP contribution in [0, 0.1) is 5.92 Å². The lowest BCUT2D eigenvalue weighted by molar-refractivity contribution is -0.138. The molecule has 27 heavy (non-hydrogen) atoms. The zero-order chi connectivity index (χ0) is 19.6. The number of aromatic nitrogens is 2. The van der Waals surface area contributed by atoms with Gasteiger partial charge in [0.25, 0.3) is 0 Å². The highest BCUT2D eigenvalue weighted by Gasteiger charge is 2.22. The molecule has 0 saturated carbocycles. The minimum absolute atomic E-state index is 0.125. The van der Waals surface area contributed by atoms with E-state index in [1.165, 1.54) is 19.3 Å². The summed E-state index contributed by atoms with van der Waals surface area (Å²) >= 11 is 3.51. The molecule has 5 heteroatoms. The van der Waals surface area contributed by atoms with E-state index in [0.29, 0.717) is 5.75 Å². The van der Waals surface area contributed by atoms with Crippen LogP contribution in [0.3, 0.4) is 0 Å². The molecule has 0 aliphatic carbocycles.